The second-order valence-electron chi connectivity index (χ2n) is 6.52. The van der Waals surface area contributed by atoms with E-state index in [1.54, 1.807) is 60.7 Å². The summed E-state index contributed by atoms with van der Waals surface area (Å²) < 4.78 is 5.21. The fourth-order valence-electron chi connectivity index (χ4n) is 3.15. The molecule has 144 valence electrons. The Bertz CT molecular complexity index is 1200. The summed E-state index contributed by atoms with van der Waals surface area (Å²) in [6.07, 6.45) is 1.57. The van der Waals surface area contributed by atoms with Gasteiger partial charge in [-0.3, -0.25) is 14.6 Å². The van der Waals surface area contributed by atoms with Crippen LogP contribution in [0.4, 0.5) is 5.69 Å². The van der Waals surface area contributed by atoms with Crippen LogP contribution in [0.5, 0.6) is 5.75 Å². The van der Waals surface area contributed by atoms with Crippen molar-refractivity contribution in [3.63, 3.8) is 0 Å². The van der Waals surface area contributed by atoms with Crippen LogP contribution >= 0.6 is 0 Å². The van der Waals surface area contributed by atoms with Crippen molar-refractivity contribution < 1.29 is 9.53 Å². The first kappa shape index (κ1) is 18.4. The van der Waals surface area contributed by atoms with Crippen molar-refractivity contribution in [3.8, 4) is 5.75 Å². The summed E-state index contributed by atoms with van der Waals surface area (Å²) in [5.41, 5.74) is 1.97. The van der Waals surface area contributed by atoms with E-state index in [1.807, 2.05) is 30.3 Å². The third-order valence-electron chi connectivity index (χ3n) is 4.67. The standard InChI is InChI=1S/C23H19N3O3/c1-29-19-11-9-18(10-12-19)26(23(28)21-8-4-5-13-24-21)15-17-14-16-6-2-3-7-20(16)25-22(17)27/h2-14H,15H2,1H3,(H,25,27). The van der Waals surface area contributed by atoms with E-state index >= 15 is 0 Å². The number of hydrogen-bond acceptors (Lipinski definition) is 4. The average molecular weight is 385 g/mol. The summed E-state index contributed by atoms with van der Waals surface area (Å²) in [4.78, 5) is 34.4. The molecule has 0 radical (unpaired) electrons. The van der Waals surface area contributed by atoms with Crippen molar-refractivity contribution in [2.45, 2.75) is 6.54 Å². The molecular formula is C23H19N3O3. The smallest absolute Gasteiger partial charge is 0.277 e. The highest BCUT2D eigenvalue weighted by Gasteiger charge is 2.21. The van der Waals surface area contributed by atoms with Crippen molar-refractivity contribution in [3.05, 3.63) is 101 Å². The van der Waals surface area contributed by atoms with Gasteiger partial charge in [-0.15, -0.1) is 0 Å². The molecule has 6 heteroatoms. The topological polar surface area (TPSA) is 75.3 Å². The number of fused-ring (bicyclic) bond motifs is 1. The van der Waals surface area contributed by atoms with Gasteiger partial charge < -0.3 is 14.6 Å². The van der Waals surface area contributed by atoms with E-state index in [9.17, 15) is 9.59 Å². The van der Waals surface area contributed by atoms with E-state index in [4.69, 9.17) is 4.74 Å². The molecule has 0 atom stereocenters. The number of nitrogens with one attached hydrogen (secondary N) is 1. The highest BCUT2D eigenvalue weighted by atomic mass is 16.5. The SMILES string of the molecule is COc1ccc(N(Cc2cc3ccccc3[nH]c2=O)C(=O)c2ccccn2)cc1. The number of carbonyl (C=O) groups is 1. The molecule has 2 aromatic heterocycles. The molecule has 0 aliphatic rings. The number of aromatic nitrogens is 2. The van der Waals surface area contributed by atoms with E-state index in [0.717, 1.165) is 10.9 Å². The normalized spacial score (nSPS) is 10.7. The monoisotopic (exact) mass is 385 g/mol. The molecule has 0 unspecified atom stereocenters. The Labute approximate surface area is 167 Å². The van der Waals surface area contributed by atoms with Crippen LogP contribution in [0, 0.1) is 0 Å². The number of pyridine rings is 2. The Morgan fingerprint density at radius 2 is 1.79 bits per heavy atom. The molecule has 2 aromatic carbocycles. The van der Waals surface area contributed by atoms with Crippen LogP contribution in [-0.2, 0) is 6.54 Å². The summed E-state index contributed by atoms with van der Waals surface area (Å²) in [7, 11) is 1.58. The maximum Gasteiger partial charge on any atom is 0.277 e. The van der Waals surface area contributed by atoms with Crippen LogP contribution in [0.25, 0.3) is 10.9 Å². The lowest BCUT2D eigenvalue weighted by Crippen LogP contribution is -2.33. The number of ether oxygens (including phenoxy) is 1. The second-order valence-corrected chi connectivity index (χ2v) is 6.52. The number of rotatable bonds is 5. The van der Waals surface area contributed by atoms with Crippen LogP contribution in [0.1, 0.15) is 16.1 Å². The number of methoxy groups -OCH3 is 1. The number of para-hydroxylation sites is 1. The summed E-state index contributed by atoms with van der Waals surface area (Å²) >= 11 is 0. The van der Waals surface area contributed by atoms with Gasteiger partial charge in [0.2, 0.25) is 0 Å². The van der Waals surface area contributed by atoms with Crippen molar-refractivity contribution in [1.29, 1.82) is 0 Å². The number of carbonyl (C=O) groups excluding carboxylic acids is 1. The summed E-state index contributed by atoms with van der Waals surface area (Å²) in [5.74, 6) is 0.394. The number of nitrogens with zero attached hydrogens (tertiary/aromatic N) is 2. The third-order valence-corrected chi connectivity index (χ3v) is 4.67. The van der Waals surface area contributed by atoms with Crippen LogP contribution in [0.3, 0.4) is 0 Å². The summed E-state index contributed by atoms with van der Waals surface area (Å²) in [6.45, 7) is 0.113. The fraction of sp³-hybridized carbons (Fsp3) is 0.0870. The van der Waals surface area contributed by atoms with Gasteiger partial charge in [0.1, 0.15) is 11.4 Å². The minimum absolute atomic E-state index is 0.113. The zero-order valence-corrected chi connectivity index (χ0v) is 15.8. The predicted molar refractivity (Wildman–Crippen MR) is 112 cm³/mol. The predicted octanol–water partition coefficient (Wildman–Crippen LogP) is 3.78. The molecule has 0 saturated heterocycles. The highest BCUT2D eigenvalue weighted by Crippen LogP contribution is 2.23. The second kappa shape index (κ2) is 7.98. The number of H-pyrrole nitrogens is 1. The Hall–Kier alpha value is -3.93. The quantitative estimate of drug-likeness (QED) is 0.567. The van der Waals surface area contributed by atoms with Gasteiger partial charge in [0, 0.05) is 23.0 Å². The van der Waals surface area contributed by atoms with Crippen LogP contribution < -0.4 is 15.2 Å². The fourth-order valence-corrected chi connectivity index (χ4v) is 3.15. The lowest BCUT2D eigenvalue weighted by molar-refractivity contribution is 0.0980. The van der Waals surface area contributed by atoms with E-state index in [2.05, 4.69) is 9.97 Å². The maximum absolute atomic E-state index is 13.2. The molecule has 29 heavy (non-hydrogen) atoms. The van der Waals surface area contributed by atoms with Gasteiger partial charge in [-0.2, -0.15) is 0 Å². The molecule has 1 N–H and O–H groups in total. The lowest BCUT2D eigenvalue weighted by atomic mass is 10.1. The van der Waals surface area contributed by atoms with E-state index in [-0.39, 0.29) is 18.0 Å². The summed E-state index contributed by atoms with van der Waals surface area (Å²) in [6, 6.07) is 21.7. The van der Waals surface area contributed by atoms with Gasteiger partial charge in [0.15, 0.2) is 0 Å². The molecule has 6 nitrogen and oxygen atoms in total. The van der Waals surface area contributed by atoms with Gasteiger partial charge in [-0.05, 0) is 53.9 Å². The van der Waals surface area contributed by atoms with Gasteiger partial charge in [-0.1, -0.05) is 24.3 Å². The largest absolute Gasteiger partial charge is 0.497 e. The van der Waals surface area contributed by atoms with E-state index in [0.29, 0.717) is 22.7 Å². The molecular weight excluding hydrogens is 366 g/mol. The Morgan fingerprint density at radius 3 is 2.52 bits per heavy atom. The number of anilines is 1. The molecule has 0 bridgehead atoms. The van der Waals surface area contributed by atoms with E-state index < -0.39 is 0 Å². The molecule has 1 amide bonds. The minimum Gasteiger partial charge on any atom is -0.497 e. The Kier molecular flexibility index (Phi) is 5.07. The lowest BCUT2D eigenvalue weighted by Gasteiger charge is -2.23. The molecule has 0 spiro atoms. The van der Waals surface area contributed by atoms with Gasteiger partial charge >= 0.3 is 0 Å². The number of benzene rings is 2. The van der Waals surface area contributed by atoms with Crippen LogP contribution in [-0.4, -0.2) is 23.0 Å². The third kappa shape index (κ3) is 3.87. The van der Waals surface area contributed by atoms with Gasteiger partial charge in [-0.25, -0.2) is 0 Å². The van der Waals surface area contributed by atoms with Crippen LogP contribution in [0.2, 0.25) is 0 Å². The zero-order chi connectivity index (χ0) is 20.2. The van der Waals surface area contributed by atoms with Crippen molar-refractivity contribution >= 4 is 22.5 Å². The van der Waals surface area contributed by atoms with Crippen molar-refractivity contribution in [2.24, 2.45) is 0 Å². The molecule has 4 rings (SSSR count). The Balaban J connectivity index is 1.76. The highest BCUT2D eigenvalue weighted by molar-refractivity contribution is 6.04. The first-order valence-corrected chi connectivity index (χ1v) is 9.13. The first-order valence-electron chi connectivity index (χ1n) is 9.13. The molecule has 0 aliphatic heterocycles. The molecule has 2 heterocycles. The number of hydrogen-bond donors (Lipinski definition) is 1. The van der Waals surface area contributed by atoms with Crippen molar-refractivity contribution in [2.75, 3.05) is 12.0 Å². The molecule has 0 aliphatic carbocycles. The molecule has 4 aromatic rings. The molecule has 0 saturated carbocycles. The van der Waals surface area contributed by atoms with Gasteiger partial charge in [0.25, 0.3) is 11.5 Å². The maximum atomic E-state index is 13.2. The average Bonchev–Trinajstić information content (AvgIpc) is 2.78. The number of amides is 1. The first-order chi connectivity index (χ1) is 14.2. The molecule has 0 fully saturated rings. The van der Waals surface area contributed by atoms with Gasteiger partial charge in [0.05, 0.1) is 13.7 Å². The van der Waals surface area contributed by atoms with E-state index in [1.165, 1.54) is 0 Å². The summed E-state index contributed by atoms with van der Waals surface area (Å²) in [5, 5.41) is 0.905. The van der Waals surface area contributed by atoms with Crippen molar-refractivity contribution in [1.82, 2.24) is 9.97 Å². The Morgan fingerprint density at radius 1 is 1.03 bits per heavy atom. The zero-order valence-electron chi connectivity index (χ0n) is 15.8. The number of aromatic amines is 1. The minimum atomic E-state index is -0.289. The van der Waals surface area contributed by atoms with Crippen LogP contribution in [0.15, 0.2) is 83.8 Å².